The number of pyridine rings is 1. The summed E-state index contributed by atoms with van der Waals surface area (Å²) in [4.78, 5) is 4.39. The van der Waals surface area contributed by atoms with Crippen molar-refractivity contribution in [3.63, 3.8) is 0 Å². The molecule has 2 heterocycles. The number of ether oxygens (including phenoxy) is 1. The van der Waals surface area contributed by atoms with E-state index in [1.165, 1.54) is 12.8 Å². The third kappa shape index (κ3) is 3.05. The molecule has 0 saturated carbocycles. The van der Waals surface area contributed by atoms with E-state index in [0.29, 0.717) is 0 Å². The zero-order chi connectivity index (χ0) is 13.8. The molecule has 106 valence electrons. The number of halogens is 1. The van der Waals surface area contributed by atoms with Gasteiger partial charge in [-0.25, -0.2) is 0 Å². The van der Waals surface area contributed by atoms with Crippen LogP contribution in [0.15, 0.2) is 30.5 Å². The molecular formula is C16H19ClN2O. The van der Waals surface area contributed by atoms with Gasteiger partial charge in [-0.15, -0.1) is 0 Å². The van der Waals surface area contributed by atoms with Crippen LogP contribution >= 0.6 is 11.6 Å². The highest BCUT2D eigenvalue weighted by Gasteiger charge is 2.13. The predicted octanol–water partition coefficient (Wildman–Crippen LogP) is 3.66. The standard InChI is InChI=1S/C16H19ClN2O/c17-14-5-6-15(16-13(14)4-2-9-19-16)20-10-7-12-3-1-8-18-11-12/h2,4-6,9,12,18H,1,3,7-8,10-11H2/t12-/m1/s1. The molecule has 1 N–H and O–H groups in total. The van der Waals surface area contributed by atoms with E-state index in [1.807, 2.05) is 24.3 Å². The van der Waals surface area contributed by atoms with Gasteiger partial charge < -0.3 is 10.1 Å². The lowest BCUT2D eigenvalue weighted by atomic mass is 9.97. The van der Waals surface area contributed by atoms with Crippen LogP contribution in [-0.2, 0) is 0 Å². The summed E-state index contributed by atoms with van der Waals surface area (Å²) in [7, 11) is 0. The van der Waals surface area contributed by atoms with Crippen molar-refractivity contribution in [2.75, 3.05) is 19.7 Å². The molecule has 1 aromatic carbocycles. The lowest BCUT2D eigenvalue weighted by Crippen LogP contribution is -2.30. The van der Waals surface area contributed by atoms with Gasteiger partial charge in [-0.2, -0.15) is 0 Å². The smallest absolute Gasteiger partial charge is 0.145 e. The molecule has 1 saturated heterocycles. The van der Waals surface area contributed by atoms with Crippen molar-refractivity contribution in [2.24, 2.45) is 5.92 Å². The van der Waals surface area contributed by atoms with Gasteiger partial charge in [-0.3, -0.25) is 4.98 Å². The number of nitrogens with zero attached hydrogens (tertiary/aromatic N) is 1. The third-order valence-corrected chi connectivity index (χ3v) is 4.19. The summed E-state index contributed by atoms with van der Waals surface area (Å²) in [6.07, 6.45) is 5.44. The highest BCUT2D eigenvalue weighted by Crippen LogP contribution is 2.29. The Hall–Kier alpha value is -1.32. The topological polar surface area (TPSA) is 34.1 Å². The fourth-order valence-corrected chi connectivity index (χ4v) is 2.95. The Bertz CT molecular complexity index is 582. The van der Waals surface area contributed by atoms with E-state index in [-0.39, 0.29) is 0 Å². The fraction of sp³-hybridized carbons (Fsp3) is 0.438. The van der Waals surface area contributed by atoms with Gasteiger partial charge in [0.2, 0.25) is 0 Å². The number of aromatic nitrogens is 1. The second-order valence-electron chi connectivity index (χ2n) is 5.29. The van der Waals surface area contributed by atoms with E-state index in [9.17, 15) is 0 Å². The molecule has 1 fully saturated rings. The number of benzene rings is 1. The first-order valence-corrected chi connectivity index (χ1v) is 7.59. The molecule has 0 aliphatic carbocycles. The van der Waals surface area contributed by atoms with Crippen molar-refractivity contribution in [2.45, 2.75) is 19.3 Å². The lowest BCUT2D eigenvalue weighted by molar-refractivity contribution is 0.256. The van der Waals surface area contributed by atoms with Gasteiger partial charge in [0.1, 0.15) is 11.3 Å². The average molecular weight is 291 g/mol. The predicted molar refractivity (Wildman–Crippen MR) is 82.5 cm³/mol. The van der Waals surface area contributed by atoms with Gasteiger partial charge in [0, 0.05) is 11.6 Å². The monoisotopic (exact) mass is 290 g/mol. The maximum Gasteiger partial charge on any atom is 0.145 e. The third-order valence-electron chi connectivity index (χ3n) is 3.86. The minimum atomic E-state index is 0.719. The van der Waals surface area contributed by atoms with Crippen molar-refractivity contribution in [1.82, 2.24) is 10.3 Å². The first kappa shape index (κ1) is 13.7. The van der Waals surface area contributed by atoms with Crippen LogP contribution in [0.1, 0.15) is 19.3 Å². The first-order chi connectivity index (χ1) is 9.84. The molecular weight excluding hydrogens is 272 g/mol. The Morgan fingerprint density at radius 3 is 3.15 bits per heavy atom. The second kappa shape index (κ2) is 6.42. The highest BCUT2D eigenvalue weighted by atomic mass is 35.5. The zero-order valence-electron chi connectivity index (χ0n) is 11.4. The summed E-state index contributed by atoms with van der Waals surface area (Å²) in [5.74, 6) is 1.56. The second-order valence-corrected chi connectivity index (χ2v) is 5.70. The van der Waals surface area contributed by atoms with Crippen LogP contribution < -0.4 is 10.1 Å². The van der Waals surface area contributed by atoms with E-state index < -0.39 is 0 Å². The summed E-state index contributed by atoms with van der Waals surface area (Å²) in [5.41, 5.74) is 0.849. The summed E-state index contributed by atoms with van der Waals surface area (Å²) < 4.78 is 5.93. The molecule has 0 radical (unpaired) electrons. The number of rotatable bonds is 4. The van der Waals surface area contributed by atoms with Gasteiger partial charge in [0.25, 0.3) is 0 Å². The molecule has 1 aromatic heterocycles. The minimum Gasteiger partial charge on any atom is -0.491 e. The van der Waals surface area contributed by atoms with Crippen molar-refractivity contribution >= 4 is 22.5 Å². The summed E-state index contributed by atoms with van der Waals surface area (Å²) in [6.45, 7) is 3.01. The van der Waals surface area contributed by atoms with Crippen LogP contribution in [0.4, 0.5) is 0 Å². The normalized spacial score (nSPS) is 19.1. The Labute approximate surface area is 124 Å². The van der Waals surface area contributed by atoms with E-state index in [2.05, 4.69) is 10.3 Å². The van der Waals surface area contributed by atoms with Crippen molar-refractivity contribution < 1.29 is 4.74 Å². The Balaban J connectivity index is 1.67. The number of piperidine rings is 1. The van der Waals surface area contributed by atoms with Crippen LogP contribution in [-0.4, -0.2) is 24.7 Å². The molecule has 1 aliphatic rings. The molecule has 0 spiro atoms. The van der Waals surface area contributed by atoms with Crippen LogP contribution in [0.2, 0.25) is 5.02 Å². The minimum absolute atomic E-state index is 0.719. The van der Waals surface area contributed by atoms with Gasteiger partial charge in [0.15, 0.2) is 0 Å². The lowest BCUT2D eigenvalue weighted by Gasteiger charge is -2.22. The summed E-state index contributed by atoms with van der Waals surface area (Å²) in [6, 6.07) is 7.66. The number of hydrogen-bond acceptors (Lipinski definition) is 3. The van der Waals surface area contributed by atoms with Gasteiger partial charge >= 0.3 is 0 Å². The summed E-state index contributed by atoms with van der Waals surface area (Å²) >= 11 is 6.18. The maximum atomic E-state index is 6.18. The molecule has 20 heavy (non-hydrogen) atoms. The molecule has 1 atom stereocenters. The molecule has 0 bridgehead atoms. The van der Waals surface area contributed by atoms with Crippen LogP contribution in [0, 0.1) is 5.92 Å². The van der Waals surface area contributed by atoms with E-state index in [0.717, 1.165) is 53.7 Å². The number of hydrogen-bond donors (Lipinski definition) is 1. The van der Waals surface area contributed by atoms with Gasteiger partial charge in [-0.1, -0.05) is 11.6 Å². The van der Waals surface area contributed by atoms with Crippen LogP contribution in [0.25, 0.3) is 10.9 Å². The van der Waals surface area contributed by atoms with Crippen molar-refractivity contribution in [1.29, 1.82) is 0 Å². The van der Waals surface area contributed by atoms with Crippen LogP contribution in [0.5, 0.6) is 5.75 Å². The Morgan fingerprint density at radius 2 is 2.30 bits per heavy atom. The molecule has 1 aliphatic heterocycles. The fourth-order valence-electron chi connectivity index (χ4n) is 2.73. The van der Waals surface area contributed by atoms with Crippen molar-refractivity contribution in [3.8, 4) is 5.75 Å². The molecule has 4 heteroatoms. The Kier molecular flexibility index (Phi) is 4.38. The zero-order valence-corrected chi connectivity index (χ0v) is 12.2. The average Bonchev–Trinajstić information content (AvgIpc) is 2.51. The number of fused-ring (bicyclic) bond motifs is 1. The van der Waals surface area contributed by atoms with Crippen LogP contribution in [0.3, 0.4) is 0 Å². The first-order valence-electron chi connectivity index (χ1n) is 7.21. The highest BCUT2D eigenvalue weighted by molar-refractivity contribution is 6.35. The SMILES string of the molecule is Clc1ccc(OCC[C@H]2CCCNC2)c2ncccc12. The molecule has 3 rings (SSSR count). The molecule has 3 nitrogen and oxygen atoms in total. The van der Waals surface area contributed by atoms with E-state index >= 15 is 0 Å². The molecule has 0 amide bonds. The largest absolute Gasteiger partial charge is 0.491 e. The van der Waals surface area contributed by atoms with Gasteiger partial charge in [0.05, 0.1) is 11.6 Å². The molecule has 2 aromatic rings. The quantitative estimate of drug-likeness (QED) is 0.933. The number of nitrogens with one attached hydrogen (secondary N) is 1. The van der Waals surface area contributed by atoms with Gasteiger partial charge in [-0.05, 0) is 62.5 Å². The van der Waals surface area contributed by atoms with E-state index in [1.54, 1.807) is 6.20 Å². The maximum absolute atomic E-state index is 6.18. The Morgan fingerprint density at radius 1 is 1.35 bits per heavy atom. The van der Waals surface area contributed by atoms with E-state index in [4.69, 9.17) is 16.3 Å². The summed E-state index contributed by atoms with van der Waals surface area (Å²) in [5, 5.41) is 5.10. The molecule has 0 unspecified atom stereocenters. The van der Waals surface area contributed by atoms with Crippen molar-refractivity contribution in [3.05, 3.63) is 35.5 Å².